The second kappa shape index (κ2) is 5.65. The minimum Gasteiger partial charge on any atom is -0.439 e. The molecule has 0 bridgehead atoms. The van der Waals surface area contributed by atoms with E-state index in [-0.39, 0.29) is 5.69 Å². The molecule has 6 heteroatoms. The first-order valence-corrected chi connectivity index (χ1v) is 7.18. The van der Waals surface area contributed by atoms with Crippen LogP contribution in [-0.4, -0.2) is 9.91 Å². The molecule has 3 aromatic rings. The summed E-state index contributed by atoms with van der Waals surface area (Å²) in [7, 11) is 0. The van der Waals surface area contributed by atoms with Crippen LogP contribution >= 0.6 is 22.6 Å². The zero-order valence-corrected chi connectivity index (χ0v) is 12.9. The van der Waals surface area contributed by atoms with Gasteiger partial charge in [0.25, 0.3) is 5.69 Å². The Morgan fingerprint density at radius 2 is 1.81 bits per heavy atom. The molecule has 0 saturated heterocycles. The fourth-order valence-corrected chi connectivity index (χ4v) is 2.25. The number of ether oxygens (including phenoxy) is 1. The van der Waals surface area contributed by atoms with Crippen molar-refractivity contribution in [3.05, 3.63) is 68.3 Å². The number of rotatable bonds is 3. The predicted molar refractivity (Wildman–Crippen MR) is 87.6 cm³/mol. The molecule has 0 unspecified atom stereocenters. The normalized spacial score (nSPS) is 10.5. The largest absolute Gasteiger partial charge is 0.439 e. The fraction of sp³-hybridized carbons (Fsp3) is 0. The molecular weight excluding hydrogens is 383 g/mol. The van der Waals surface area contributed by atoms with Gasteiger partial charge in [-0.25, -0.2) is 4.98 Å². The highest BCUT2D eigenvalue weighted by Crippen LogP contribution is 2.25. The summed E-state index contributed by atoms with van der Waals surface area (Å²) in [5.41, 5.74) is 0.708. The Morgan fingerprint density at radius 3 is 2.52 bits per heavy atom. The number of nitrogens with zero attached hydrogens (tertiary/aromatic N) is 2. The summed E-state index contributed by atoms with van der Waals surface area (Å²) in [4.78, 5) is 14.7. The second-order valence-electron chi connectivity index (χ2n) is 4.34. The molecule has 21 heavy (non-hydrogen) atoms. The van der Waals surface area contributed by atoms with Gasteiger partial charge in [0.2, 0.25) is 5.88 Å². The predicted octanol–water partition coefficient (Wildman–Crippen LogP) is 4.54. The molecule has 0 spiro atoms. The Hall–Kier alpha value is -2.22. The van der Waals surface area contributed by atoms with Gasteiger partial charge in [0.1, 0.15) is 5.75 Å². The van der Waals surface area contributed by atoms with Crippen LogP contribution in [0.4, 0.5) is 5.69 Å². The van der Waals surface area contributed by atoms with E-state index in [9.17, 15) is 10.1 Å². The van der Waals surface area contributed by atoms with E-state index in [1.165, 1.54) is 12.1 Å². The van der Waals surface area contributed by atoms with Crippen LogP contribution in [0, 0.1) is 13.7 Å². The Morgan fingerprint density at radius 1 is 1.05 bits per heavy atom. The van der Waals surface area contributed by atoms with E-state index in [4.69, 9.17) is 4.74 Å². The van der Waals surface area contributed by atoms with Crippen molar-refractivity contribution >= 4 is 39.2 Å². The van der Waals surface area contributed by atoms with Crippen LogP contribution in [-0.2, 0) is 0 Å². The molecule has 0 saturated carbocycles. The number of pyridine rings is 1. The first kappa shape index (κ1) is 13.7. The highest BCUT2D eigenvalue weighted by atomic mass is 127. The first-order valence-electron chi connectivity index (χ1n) is 6.10. The third-order valence-corrected chi connectivity index (χ3v) is 3.61. The van der Waals surface area contributed by atoms with Gasteiger partial charge in [-0.3, -0.25) is 10.1 Å². The first-order chi connectivity index (χ1) is 10.1. The number of nitro groups is 1. The molecule has 0 amide bonds. The quantitative estimate of drug-likeness (QED) is 0.373. The van der Waals surface area contributed by atoms with Crippen molar-refractivity contribution < 1.29 is 9.66 Å². The van der Waals surface area contributed by atoms with Crippen molar-refractivity contribution in [2.45, 2.75) is 0 Å². The molecule has 0 aliphatic rings. The molecule has 1 heterocycles. The molecule has 0 aliphatic heterocycles. The van der Waals surface area contributed by atoms with Crippen molar-refractivity contribution in [2.75, 3.05) is 0 Å². The molecule has 0 atom stereocenters. The monoisotopic (exact) mass is 392 g/mol. The van der Waals surface area contributed by atoms with E-state index < -0.39 is 4.92 Å². The lowest BCUT2D eigenvalue weighted by Crippen LogP contribution is -1.91. The van der Waals surface area contributed by atoms with Crippen molar-refractivity contribution in [1.29, 1.82) is 0 Å². The van der Waals surface area contributed by atoms with E-state index in [2.05, 4.69) is 27.6 Å². The fourth-order valence-electron chi connectivity index (χ4n) is 1.89. The summed E-state index contributed by atoms with van der Waals surface area (Å²) in [5.74, 6) is 1.15. The summed E-state index contributed by atoms with van der Waals surface area (Å²) in [6, 6.07) is 15.6. The van der Waals surface area contributed by atoms with Crippen molar-refractivity contribution in [2.24, 2.45) is 0 Å². The summed E-state index contributed by atoms with van der Waals surface area (Å²) < 4.78 is 6.79. The van der Waals surface area contributed by atoms with E-state index in [1.807, 2.05) is 24.3 Å². The van der Waals surface area contributed by atoms with Gasteiger partial charge >= 0.3 is 0 Å². The van der Waals surface area contributed by atoms with Gasteiger partial charge in [-0.2, -0.15) is 0 Å². The van der Waals surface area contributed by atoms with E-state index >= 15 is 0 Å². The number of hydrogen-bond donors (Lipinski definition) is 0. The maximum absolute atomic E-state index is 10.7. The van der Waals surface area contributed by atoms with Crippen LogP contribution in [0.25, 0.3) is 10.9 Å². The zero-order valence-electron chi connectivity index (χ0n) is 10.7. The van der Waals surface area contributed by atoms with Gasteiger partial charge in [-0.1, -0.05) is 0 Å². The number of benzene rings is 2. The highest BCUT2D eigenvalue weighted by Gasteiger charge is 2.07. The molecule has 5 nitrogen and oxygen atoms in total. The Labute approximate surface area is 133 Å². The second-order valence-corrected chi connectivity index (χ2v) is 5.59. The molecular formula is C15H9IN2O3. The number of non-ortho nitro benzene ring substituents is 1. The van der Waals surface area contributed by atoms with Crippen LogP contribution in [0.1, 0.15) is 0 Å². The van der Waals surface area contributed by atoms with Crippen molar-refractivity contribution in [3.63, 3.8) is 0 Å². The average molecular weight is 392 g/mol. The van der Waals surface area contributed by atoms with E-state index in [1.54, 1.807) is 18.2 Å². The maximum Gasteiger partial charge on any atom is 0.270 e. The lowest BCUT2D eigenvalue weighted by atomic mass is 10.2. The summed E-state index contributed by atoms with van der Waals surface area (Å²) in [5, 5.41) is 11.4. The summed E-state index contributed by atoms with van der Waals surface area (Å²) >= 11 is 2.22. The van der Waals surface area contributed by atoms with Gasteiger partial charge in [-0.15, -0.1) is 0 Å². The van der Waals surface area contributed by atoms with E-state index in [0.717, 1.165) is 3.57 Å². The van der Waals surface area contributed by atoms with Gasteiger partial charge < -0.3 is 4.74 Å². The summed E-state index contributed by atoms with van der Waals surface area (Å²) in [6.45, 7) is 0. The minimum absolute atomic E-state index is 0.0515. The van der Waals surface area contributed by atoms with Crippen molar-refractivity contribution in [3.8, 4) is 11.6 Å². The standard InChI is InChI=1S/C15H9IN2O3/c16-11-2-5-13(6-3-11)21-15-8-1-10-9-12(18(19)20)4-7-14(10)17-15/h1-9H. The van der Waals surface area contributed by atoms with Gasteiger partial charge in [0.05, 0.1) is 10.4 Å². The lowest BCUT2D eigenvalue weighted by Gasteiger charge is -2.06. The number of nitro benzene ring substituents is 1. The molecule has 0 fully saturated rings. The molecule has 0 radical (unpaired) electrons. The SMILES string of the molecule is O=[N+]([O-])c1ccc2nc(Oc3ccc(I)cc3)ccc2c1. The number of fused-ring (bicyclic) bond motifs is 1. The molecule has 3 rings (SSSR count). The molecule has 2 aromatic carbocycles. The van der Waals surface area contributed by atoms with Crippen LogP contribution in [0.15, 0.2) is 54.6 Å². The number of hydrogen-bond acceptors (Lipinski definition) is 4. The molecule has 0 aliphatic carbocycles. The van der Waals surface area contributed by atoms with Gasteiger partial charge in [0, 0.05) is 27.2 Å². The van der Waals surface area contributed by atoms with Crippen LogP contribution in [0.2, 0.25) is 0 Å². The van der Waals surface area contributed by atoms with Gasteiger partial charge in [0.15, 0.2) is 0 Å². The topological polar surface area (TPSA) is 65.3 Å². The average Bonchev–Trinajstić information content (AvgIpc) is 2.49. The van der Waals surface area contributed by atoms with Crippen molar-refractivity contribution in [1.82, 2.24) is 4.98 Å². The third-order valence-electron chi connectivity index (χ3n) is 2.89. The third kappa shape index (κ3) is 3.10. The molecule has 0 N–H and O–H groups in total. The smallest absolute Gasteiger partial charge is 0.270 e. The van der Waals surface area contributed by atoms with Gasteiger partial charge in [-0.05, 0) is 59.0 Å². The van der Waals surface area contributed by atoms with E-state index in [0.29, 0.717) is 22.5 Å². The zero-order chi connectivity index (χ0) is 14.8. The Balaban J connectivity index is 1.92. The Kier molecular flexibility index (Phi) is 3.70. The number of halogens is 1. The van der Waals surface area contributed by atoms with Crippen LogP contribution < -0.4 is 4.74 Å². The number of aromatic nitrogens is 1. The van der Waals surface area contributed by atoms with Crippen LogP contribution in [0.5, 0.6) is 11.6 Å². The lowest BCUT2D eigenvalue weighted by molar-refractivity contribution is -0.384. The Bertz CT molecular complexity index is 819. The maximum atomic E-state index is 10.7. The molecule has 104 valence electrons. The van der Waals surface area contributed by atoms with Crippen LogP contribution in [0.3, 0.4) is 0 Å². The summed E-state index contributed by atoms with van der Waals surface area (Å²) in [6.07, 6.45) is 0. The molecule has 1 aromatic heterocycles. The minimum atomic E-state index is -0.421. The highest BCUT2D eigenvalue weighted by molar-refractivity contribution is 14.1.